The molecule has 19 heavy (non-hydrogen) atoms. The Morgan fingerprint density at radius 3 is 1.79 bits per heavy atom. The molecule has 2 bridgehead atoms. The quantitative estimate of drug-likeness (QED) is 0.401. The molecule has 0 saturated heterocycles. The topological polar surface area (TPSA) is 20.2 Å². The van der Waals surface area contributed by atoms with Crippen LogP contribution in [0.25, 0.3) is 0 Å². The van der Waals surface area contributed by atoms with Gasteiger partial charge in [-0.15, -0.1) is 0 Å². The third-order valence-electron chi connectivity index (χ3n) is 4.68. The first-order valence-electron chi connectivity index (χ1n) is 5.91. The molecule has 0 aliphatic heterocycles. The van der Waals surface area contributed by atoms with Crippen LogP contribution in [0.1, 0.15) is 19.8 Å². The fourth-order valence-corrected chi connectivity index (χ4v) is 4.80. The van der Waals surface area contributed by atoms with Crippen molar-refractivity contribution in [2.24, 2.45) is 23.7 Å². The van der Waals surface area contributed by atoms with Gasteiger partial charge in [0.15, 0.2) is 0 Å². The third kappa shape index (κ3) is 2.08. The maximum absolute atomic E-state index is 12.8. The van der Waals surface area contributed by atoms with Crippen molar-refractivity contribution in [1.82, 2.24) is 0 Å². The van der Waals surface area contributed by atoms with Crippen molar-refractivity contribution in [3.8, 4) is 0 Å². The molecule has 0 spiro atoms. The van der Waals surface area contributed by atoms with E-state index in [4.69, 9.17) is 0 Å². The van der Waals surface area contributed by atoms with E-state index in [9.17, 15) is 31.4 Å². The summed E-state index contributed by atoms with van der Waals surface area (Å²) in [5.41, 5.74) is -4.58. The van der Waals surface area contributed by atoms with E-state index in [-0.39, 0.29) is 22.2 Å². The molecule has 8 heteroatoms. The molecule has 2 rings (SSSR count). The Kier molecular flexibility index (Phi) is 3.61. The first kappa shape index (κ1) is 15.7. The van der Waals surface area contributed by atoms with Crippen LogP contribution in [0.2, 0.25) is 0 Å². The van der Waals surface area contributed by atoms with Crippen LogP contribution in [0.3, 0.4) is 0 Å². The number of aliphatic hydroxyl groups is 1. The van der Waals surface area contributed by atoms with Gasteiger partial charge in [-0.3, -0.25) is 0 Å². The first-order valence-corrected chi connectivity index (χ1v) is 7.15. The van der Waals surface area contributed by atoms with Crippen molar-refractivity contribution >= 4 is 22.6 Å². The molecule has 0 aromatic carbocycles. The lowest BCUT2D eigenvalue weighted by Gasteiger charge is -2.43. The normalized spacial score (nSPS) is 39.9. The standard InChI is InChI=1S/C11H13F6IO/c1-4-6-2-5(8(4)18)3-7(6)9(19,10(12,13)14)11(15,16)17/h4-8,19H,2-3H2,1H3. The Morgan fingerprint density at radius 2 is 1.47 bits per heavy atom. The minimum Gasteiger partial charge on any atom is -0.373 e. The average molecular weight is 402 g/mol. The first-order chi connectivity index (χ1) is 8.41. The maximum Gasteiger partial charge on any atom is 0.426 e. The monoisotopic (exact) mass is 402 g/mol. The largest absolute Gasteiger partial charge is 0.426 e. The van der Waals surface area contributed by atoms with E-state index in [0.717, 1.165) is 0 Å². The van der Waals surface area contributed by atoms with Crippen LogP contribution in [0.4, 0.5) is 26.3 Å². The second kappa shape index (κ2) is 4.38. The lowest BCUT2D eigenvalue weighted by molar-refractivity contribution is -0.389. The predicted octanol–water partition coefficient (Wildman–Crippen LogP) is 3.94. The van der Waals surface area contributed by atoms with Gasteiger partial charge in [0.25, 0.3) is 5.60 Å². The van der Waals surface area contributed by atoms with Crippen molar-refractivity contribution in [2.75, 3.05) is 0 Å². The zero-order valence-electron chi connectivity index (χ0n) is 9.89. The highest BCUT2D eigenvalue weighted by Crippen LogP contribution is 2.62. The minimum atomic E-state index is -5.69. The van der Waals surface area contributed by atoms with Crippen LogP contribution < -0.4 is 0 Å². The van der Waals surface area contributed by atoms with Crippen LogP contribution in [0.15, 0.2) is 0 Å². The molecule has 5 unspecified atom stereocenters. The zero-order valence-corrected chi connectivity index (χ0v) is 12.1. The van der Waals surface area contributed by atoms with Gasteiger partial charge in [-0.2, -0.15) is 26.3 Å². The lowest BCUT2D eigenvalue weighted by Crippen LogP contribution is -2.63. The Labute approximate surface area is 119 Å². The van der Waals surface area contributed by atoms with Crippen LogP contribution in [-0.2, 0) is 0 Å². The highest BCUT2D eigenvalue weighted by atomic mass is 127. The van der Waals surface area contributed by atoms with E-state index in [1.165, 1.54) is 0 Å². The van der Waals surface area contributed by atoms with Gasteiger partial charge in [-0.05, 0) is 30.6 Å². The molecule has 0 radical (unpaired) electrons. The SMILES string of the molecule is CC1C(I)C2CC1C(C(O)(C(F)(F)F)C(F)(F)F)C2. The molecule has 112 valence electrons. The van der Waals surface area contributed by atoms with Crippen LogP contribution in [0.5, 0.6) is 0 Å². The summed E-state index contributed by atoms with van der Waals surface area (Å²) in [6, 6.07) is 0. The molecule has 0 aromatic heterocycles. The van der Waals surface area contributed by atoms with Crippen molar-refractivity contribution in [3.63, 3.8) is 0 Å². The van der Waals surface area contributed by atoms with Gasteiger partial charge >= 0.3 is 12.4 Å². The molecule has 2 saturated carbocycles. The summed E-state index contributed by atoms with van der Waals surface area (Å²) in [6.07, 6.45) is -11.3. The summed E-state index contributed by atoms with van der Waals surface area (Å²) < 4.78 is 77.1. The second-order valence-corrected chi connectivity index (χ2v) is 7.01. The Balaban J connectivity index is 2.39. The summed E-state index contributed by atoms with van der Waals surface area (Å²) in [6.45, 7) is 1.67. The summed E-state index contributed by atoms with van der Waals surface area (Å²) >= 11 is 2.09. The predicted molar refractivity (Wildman–Crippen MR) is 63.7 cm³/mol. The summed E-state index contributed by atoms with van der Waals surface area (Å²) in [5.74, 6) is -2.90. The molecule has 0 amide bonds. The highest BCUT2D eigenvalue weighted by Gasteiger charge is 2.76. The molecule has 0 aromatic rings. The molecular weight excluding hydrogens is 389 g/mol. The van der Waals surface area contributed by atoms with E-state index in [1.807, 2.05) is 0 Å². The highest BCUT2D eigenvalue weighted by molar-refractivity contribution is 14.1. The van der Waals surface area contributed by atoms with Gasteiger partial charge < -0.3 is 5.11 Å². The molecule has 2 aliphatic carbocycles. The van der Waals surface area contributed by atoms with E-state index in [1.54, 1.807) is 6.92 Å². The number of rotatable bonds is 1. The molecule has 0 heterocycles. The summed E-state index contributed by atoms with van der Waals surface area (Å²) in [7, 11) is 0. The number of hydrogen-bond acceptors (Lipinski definition) is 1. The lowest BCUT2D eigenvalue weighted by atomic mass is 9.71. The van der Waals surface area contributed by atoms with E-state index < -0.39 is 29.8 Å². The average Bonchev–Trinajstić information content (AvgIpc) is 2.76. The van der Waals surface area contributed by atoms with Crippen molar-refractivity contribution in [1.29, 1.82) is 0 Å². The molecule has 2 fully saturated rings. The maximum atomic E-state index is 12.8. The smallest absolute Gasteiger partial charge is 0.373 e. The fraction of sp³-hybridized carbons (Fsp3) is 1.00. The number of fused-ring (bicyclic) bond motifs is 2. The fourth-order valence-electron chi connectivity index (χ4n) is 3.68. The zero-order chi connectivity index (χ0) is 14.8. The van der Waals surface area contributed by atoms with Gasteiger partial charge in [0, 0.05) is 9.84 Å². The minimum absolute atomic E-state index is 0.0876. The molecule has 2 aliphatic rings. The molecule has 1 nitrogen and oxygen atoms in total. The van der Waals surface area contributed by atoms with Crippen LogP contribution in [-0.4, -0.2) is 27.0 Å². The summed E-state index contributed by atoms with van der Waals surface area (Å²) in [5, 5.41) is 9.46. The third-order valence-corrected chi connectivity index (χ3v) is 6.83. The van der Waals surface area contributed by atoms with Crippen LogP contribution >= 0.6 is 22.6 Å². The molecular formula is C11H13F6IO. The van der Waals surface area contributed by atoms with Gasteiger partial charge in [0.2, 0.25) is 0 Å². The second-order valence-electron chi connectivity index (χ2n) is 5.57. The molecule has 5 atom stereocenters. The van der Waals surface area contributed by atoms with E-state index >= 15 is 0 Å². The van der Waals surface area contributed by atoms with Crippen LogP contribution in [0, 0.1) is 23.7 Å². The van der Waals surface area contributed by atoms with Gasteiger partial charge in [0.05, 0.1) is 0 Å². The number of halogens is 7. The Bertz CT molecular complexity index is 349. The van der Waals surface area contributed by atoms with Gasteiger partial charge in [0.1, 0.15) is 0 Å². The summed E-state index contributed by atoms with van der Waals surface area (Å²) in [4.78, 5) is 0. The number of alkyl halides is 7. The van der Waals surface area contributed by atoms with Crippen molar-refractivity contribution in [2.45, 2.75) is 41.6 Å². The van der Waals surface area contributed by atoms with Crippen molar-refractivity contribution < 1.29 is 31.4 Å². The Hall–Kier alpha value is 0.270. The van der Waals surface area contributed by atoms with Gasteiger partial charge in [-0.25, -0.2) is 0 Å². The van der Waals surface area contributed by atoms with E-state index in [2.05, 4.69) is 22.6 Å². The Morgan fingerprint density at radius 1 is 1.00 bits per heavy atom. The molecule has 1 N–H and O–H groups in total. The van der Waals surface area contributed by atoms with Crippen molar-refractivity contribution in [3.05, 3.63) is 0 Å². The van der Waals surface area contributed by atoms with Gasteiger partial charge in [-0.1, -0.05) is 29.5 Å². The number of hydrogen-bond donors (Lipinski definition) is 1. The van der Waals surface area contributed by atoms with E-state index in [0.29, 0.717) is 6.42 Å².